The van der Waals surface area contributed by atoms with E-state index in [1.54, 1.807) is 12.3 Å². The molecule has 0 fully saturated rings. The summed E-state index contributed by atoms with van der Waals surface area (Å²) in [7, 11) is -3.57. The largest absolute Gasteiger partial charge is 0.369 e. The molecule has 0 aliphatic rings. The molecule has 0 bridgehead atoms. The Bertz CT molecular complexity index is 1000. The smallest absolute Gasteiger partial charge is 0.249 e. The van der Waals surface area contributed by atoms with E-state index in [4.69, 9.17) is 5.73 Å². The van der Waals surface area contributed by atoms with Gasteiger partial charge in [-0.25, -0.2) is 18.5 Å². The molecule has 3 amide bonds. The van der Waals surface area contributed by atoms with E-state index in [0.717, 1.165) is 6.26 Å². The number of nitrogens with zero attached hydrogens (tertiary/aromatic N) is 3. The first kappa shape index (κ1) is 32.2. The predicted octanol–water partition coefficient (Wildman–Crippen LogP) is 1.14. The van der Waals surface area contributed by atoms with Crippen molar-refractivity contribution >= 4 is 50.7 Å². The van der Waals surface area contributed by atoms with Gasteiger partial charge in [0.25, 0.3) is 0 Å². The van der Waals surface area contributed by atoms with Crippen LogP contribution in [0.4, 0.5) is 5.13 Å². The first-order valence-electron chi connectivity index (χ1n) is 12.0. The number of guanidine groups is 1. The summed E-state index contributed by atoms with van der Waals surface area (Å²) in [6.07, 6.45) is 4.46. The number of carbonyl (C=O) groups excluding carboxylic acids is 3. The van der Waals surface area contributed by atoms with Crippen LogP contribution in [0.1, 0.15) is 53.4 Å². The Kier molecular flexibility index (Phi) is 13.5. The zero-order valence-electron chi connectivity index (χ0n) is 21.9. The van der Waals surface area contributed by atoms with Crippen LogP contribution in [0.25, 0.3) is 0 Å². The first-order valence-corrected chi connectivity index (χ1v) is 14.8. The maximum atomic E-state index is 13.5. The third-order valence-corrected chi connectivity index (χ3v) is 6.80. The second-order valence-electron chi connectivity index (χ2n) is 9.30. The quantitative estimate of drug-likeness (QED) is 0.0651. The second-order valence-corrected chi connectivity index (χ2v) is 11.9. The van der Waals surface area contributed by atoms with Crippen molar-refractivity contribution < 1.29 is 28.0 Å². The van der Waals surface area contributed by atoms with Crippen molar-refractivity contribution in [2.75, 3.05) is 18.1 Å². The Morgan fingerprint density at radius 1 is 1.27 bits per heavy atom. The summed E-state index contributed by atoms with van der Waals surface area (Å²) in [6, 6.07) is -1.76. The zero-order chi connectivity index (χ0) is 28.2. The molecule has 37 heavy (non-hydrogen) atoms. The van der Waals surface area contributed by atoms with Crippen molar-refractivity contribution in [2.45, 2.75) is 65.5 Å². The molecule has 0 unspecified atom stereocenters. The standard InChI is InChI=1S/C22H39N7O6S2/c1-6-7-17(29(33)13-30)16(12-14(2)3)19(31)26-18(20(32)27-22-25-10-11-36-22)15(4)8-9-24-21(23)28-37(5,34)35/h10-11,13-18,33H,6-9,12H2,1-5H3,(H,26,31)(H3,23,24,28)(H,25,27,32)/t15-,16+,17+,18+/m1/s1. The minimum absolute atomic E-state index is 0.0785. The molecule has 0 aliphatic carbocycles. The summed E-state index contributed by atoms with van der Waals surface area (Å²) in [5.41, 5.74) is 5.59. The lowest BCUT2D eigenvalue weighted by molar-refractivity contribution is -0.169. The molecule has 1 aromatic rings. The maximum absolute atomic E-state index is 13.5. The Balaban J connectivity index is 3.16. The number of aliphatic imine (C=N–C) groups is 1. The van der Waals surface area contributed by atoms with Gasteiger partial charge in [-0.05, 0) is 31.1 Å². The van der Waals surface area contributed by atoms with Gasteiger partial charge in [0, 0.05) is 18.1 Å². The predicted molar refractivity (Wildman–Crippen MR) is 142 cm³/mol. The van der Waals surface area contributed by atoms with E-state index in [1.807, 2.05) is 20.8 Å². The highest BCUT2D eigenvalue weighted by Crippen LogP contribution is 2.24. The van der Waals surface area contributed by atoms with Crippen LogP contribution < -0.4 is 21.1 Å². The lowest BCUT2D eigenvalue weighted by atomic mass is 9.86. The third-order valence-electron chi connectivity index (χ3n) is 5.53. The highest BCUT2D eigenvalue weighted by Gasteiger charge is 2.36. The summed E-state index contributed by atoms with van der Waals surface area (Å²) in [4.78, 5) is 46.0. The van der Waals surface area contributed by atoms with Gasteiger partial charge >= 0.3 is 0 Å². The van der Waals surface area contributed by atoms with E-state index in [-0.39, 0.29) is 31.3 Å². The maximum Gasteiger partial charge on any atom is 0.249 e. The molecule has 15 heteroatoms. The van der Waals surface area contributed by atoms with Crippen LogP contribution in [-0.2, 0) is 24.4 Å². The molecule has 1 aromatic heterocycles. The number of carbonyl (C=O) groups is 3. The van der Waals surface area contributed by atoms with Crippen LogP contribution in [0.2, 0.25) is 0 Å². The molecular weight excluding hydrogens is 522 g/mol. The summed E-state index contributed by atoms with van der Waals surface area (Å²) >= 11 is 1.22. The topological polar surface area (TPSA) is 196 Å². The van der Waals surface area contributed by atoms with Crippen molar-refractivity contribution in [1.82, 2.24) is 20.1 Å². The number of hydrogen-bond acceptors (Lipinski definition) is 9. The van der Waals surface area contributed by atoms with Crippen LogP contribution in [0.3, 0.4) is 0 Å². The van der Waals surface area contributed by atoms with Gasteiger partial charge in [-0.15, -0.1) is 11.3 Å². The minimum Gasteiger partial charge on any atom is -0.369 e. The SMILES string of the molecule is CCC[C@@H]([C@H](CC(C)C)C(=O)N[C@H](C(=O)Nc1nccs1)[C@H](C)CCN=C(N)NS(C)(=O)=O)N(O)C=O. The Morgan fingerprint density at radius 2 is 1.95 bits per heavy atom. The Labute approximate surface area is 222 Å². The molecule has 0 aromatic carbocycles. The van der Waals surface area contributed by atoms with Gasteiger partial charge in [-0.3, -0.25) is 29.3 Å². The lowest BCUT2D eigenvalue weighted by Gasteiger charge is -2.33. The monoisotopic (exact) mass is 561 g/mol. The highest BCUT2D eigenvalue weighted by molar-refractivity contribution is 7.89. The molecule has 13 nitrogen and oxygen atoms in total. The van der Waals surface area contributed by atoms with Crippen molar-refractivity contribution in [2.24, 2.45) is 28.5 Å². The summed E-state index contributed by atoms with van der Waals surface area (Å²) in [5.74, 6) is -2.37. The Morgan fingerprint density at radius 3 is 2.46 bits per heavy atom. The van der Waals surface area contributed by atoms with Crippen LogP contribution in [0.15, 0.2) is 16.6 Å². The molecule has 4 atom stereocenters. The van der Waals surface area contributed by atoms with Crippen LogP contribution in [0, 0.1) is 17.8 Å². The number of sulfonamides is 1. The molecule has 0 saturated heterocycles. The average molecular weight is 562 g/mol. The average Bonchev–Trinajstić information content (AvgIpc) is 3.30. The molecule has 0 saturated carbocycles. The van der Waals surface area contributed by atoms with Crippen molar-refractivity contribution in [3.63, 3.8) is 0 Å². The third kappa shape index (κ3) is 11.9. The van der Waals surface area contributed by atoms with Crippen molar-refractivity contribution in [3.05, 3.63) is 11.6 Å². The number of aromatic nitrogens is 1. The van der Waals surface area contributed by atoms with Crippen molar-refractivity contribution in [1.29, 1.82) is 0 Å². The van der Waals surface area contributed by atoms with Gasteiger partial charge in [-0.1, -0.05) is 34.1 Å². The molecule has 210 valence electrons. The molecular formula is C22H39N7O6S2. The highest BCUT2D eigenvalue weighted by atomic mass is 32.2. The number of thiazole rings is 1. The van der Waals surface area contributed by atoms with Crippen LogP contribution in [0.5, 0.6) is 0 Å². The summed E-state index contributed by atoms with van der Waals surface area (Å²) < 4.78 is 24.7. The number of hydrogen-bond donors (Lipinski definition) is 5. The number of amides is 3. The van der Waals surface area contributed by atoms with E-state index in [0.29, 0.717) is 29.5 Å². The normalized spacial score (nSPS) is 15.4. The van der Waals surface area contributed by atoms with E-state index in [2.05, 4.69) is 25.3 Å². The fourth-order valence-corrected chi connectivity index (χ4v) is 4.79. The number of anilines is 1. The molecule has 6 N–H and O–H groups in total. The minimum atomic E-state index is -3.57. The fourth-order valence-electron chi connectivity index (χ4n) is 3.81. The summed E-state index contributed by atoms with van der Waals surface area (Å²) in [6.45, 7) is 7.57. The van der Waals surface area contributed by atoms with Gasteiger partial charge in [-0.2, -0.15) is 0 Å². The number of rotatable bonds is 16. The van der Waals surface area contributed by atoms with E-state index < -0.39 is 45.8 Å². The van der Waals surface area contributed by atoms with E-state index in [9.17, 15) is 28.0 Å². The zero-order valence-corrected chi connectivity index (χ0v) is 23.5. The van der Waals surface area contributed by atoms with Gasteiger partial charge in [0.15, 0.2) is 5.13 Å². The molecule has 0 aliphatic heterocycles. The van der Waals surface area contributed by atoms with E-state index in [1.165, 1.54) is 17.5 Å². The number of nitrogens with two attached hydrogens (primary N) is 1. The van der Waals surface area contributed by atoms with Crippen LogP contribution in [-0.4, -0.2) is 72.7 Å². The molecule has 1 rings (SSSR count). The van der Waals surface area contributed by atoms with Gasteiger partial charge in [0.1, 0.15) is 6.04 Å². The van der Waals surface area contributed by atoms with Gasteiger partial charge in [0.2, 0.25) is 34.2 Å². The second kappa shape index (κ2) is 15.5. The summed E-state index contributed by atoms with van der Waals surface area (Å²) in [5, 5.41) is 18.3. The molecule has 0 spiro atoms. The lowest BCUT2D eigenvalue weighted by Crippen LogP contribution is -2.53. The molecule has 1 heterocycles. The van der Waals surface area contributed by atoms with Crippen LogP contribution >= 0.6 is 11.3 Å². The number of nitrogens with one attached hydrogen (secondary N) is 3. The molecule has 0 radical (unpaired) electrons. The van der Waals surface area contributed by atoms with E-state index >= 15 is 0 Å². The van der Waals surface area contributed by atoms with Crippen molar-refractivity contribution in [3.8, 4) is 0 Å². The van der Waals surface area contributed by atoms with Gasteiger partial charge < -0.3 is 16.4 Å². The number of hydroxylamine groups is 2. The fraction of sp³-hybridized carbons (Fsp3) is 0.682. The first-order chi connectivity index (χ1) is 17.3. The van der Waals surface area contributed by atoms with Gasteiger partial charge in [0.05, 0.1) is 18.2 Å². The Hall–Kier alpha value is -2.78.